The van der Waals surface area contributed by atoms with E-state index < -0.39 is 11.9 Å². The number of carboxylic acid groups (broad SMARTS) is 1. The number of hydrogen-bond donors (Lipinski definition) is 1. The first-order valence-corrected chi connectivity index (χ1v) is 11.7. The van der Waals surface area contributed by atoms with Crippen molar-refractivity contribution in [1.29, 1.82) is 0 Å². The van der Waals surface area contributed by atoms with Crippen molar-refractivity contribution in [2.75, 3.05) is 24.7 Å². The molecule has 0 radical (unpaired) electrons. The van der Waals surface area contributed by atoms with Crippen LogP contribution in [-0.2, 0) is 4.79 Å². The number of aliphatic hydroxyl groups is 1. The first-order chi connectivity index (χ1) is 16.8. The first kappa shape index (κ1) is 28.6. The molecule has 182 valence electrons. The molecule has 0 spiro atoms. The molecule has 0 saturated heterocycles. The molecule has 0 aliphatic carbocycles. The molecule has 3 aromatic rings. The second-order valence-electron chi connectivity index (χ2n) is 7.73. The number of amides is 1. The smallest absolute Gasteiger partial charge is 0.549 e. The van der Waals surface area contributed by atoms with Gasteiger partial charge in [0.15, 0.2) is 0 Å². The fourth-order valence-electron chi connectivity index (χ4n) is 3.79. The zero-order valence-corrected chi connectivity index (χ0v) is 23.4. The van der Waals surface area contributed by atoms with Gasteiger partial charge in [-0.05, 0) is 55.0 Å². The third kappa shape index (κ3) is 6.29. The molecule has 1 amide bonds. The van der Waals surface area contributed by atoms with Crippen molar-refractivity contribution in [3.63, 3.8) is 0 Å². The predicted molar refractivity (Wildman–Crippen MR) is 131 cm³/mol. The van der Waals surface area contributed by atoms with E-state index in [1.54, 1.807) is 36.4 Å². The van der Waals surface area contributed by atoms with Crippen molar-refractivity contribution in [3.8, 4) is 17.2 Å². The van der Waals surface area contributed by atoms with E-state index in [9.17, 15) is 19.8 Å². The minimum absolute atomic E-state index is 0. The molecule has 7 nitrogen and oxygen atoms in total. The van der Waals surface area contributed by atoms with Crippen molar-refractivity contribution in [2.45, 2.75) is 12.3 Å². The van der Waals surface area contributed by atoms with Crippen molar-refractivity contribution in [2.24, 2.45) is 0 Å². The Bertz CT molecular complexity index is 1270. The monoisotopic (exact) mass is 557 g/mol. The number of benzene rings is 3. The van der Waals surface area contributed by atoms with E-state index in [0.29, 0.717) is 39.8 Å². The number of halogens is 3. The number of ether oxygens (including phenoxy) is 2. The maximum Gasteiger partial charge on any atom is 1.00 e. The van der Waals surface area contributed by atoms with Crippen molar-refractivity contribution in [1.82, 2.24) is 0 Å². The zero-order valence-electron chi connectivity index (χ0n) is 19.2. The standard InChI is InChI=1S/C25H20Cl3NO6.Na/c26-15-3-6-21(19(27)11-15)29(8-9-30)24(31)14-1-4-16(5-2-14)35-23-13-22-18(12-20(23)28)17(25(32)33)7-10-34-22;/h1-6,11-13,17,30H,7-10H2,(H,32,33);/q;+1/p-1. The number of anilines is 1. The van der Waals surface area contributed by atoms with Gasteiger partial charge in [0.2, 0.25) is 0 Å². The van der Waals surface area contributed by atoms with Crippen LogP contribution < -0.4 is 49.0 Å². The number of hydrogen-bond acceptors (Lipinski definition) is 6. The zero-order chi connectivity index (χ0) is 25.1. The fourth-order valence-corrected chi connectivity index (χ4v) is 4.51. The summed E-state index contributed by atoms with van der Waals surface area (Å²) in [7, 11) is 0. The molecule has 1 N–H and O–H groups in total. The molecule has 0 saturated carbocycles. The summed E-state index contributed by atoms with van der Waals surface area (Å²) in [5.74, 6) is -1.31. The quantitative estimate of drug-likeness (QED) is 0.443. The van der Waals surface area contributed by atoms with E-state index in [0.717, 1.165) is 0 Å². The average Bonchev–Trinajstić information content (AvgIpc) is 2.83. The molecule has 1 aliphatic heterocycles. The Labute approximate surface area is 244 Å². The van der Waals surface area contributed by atoms with Gasteiger partial charge in [0.05, 0.1) is 28.9 Å². The maximum absolute atomic E-state index is 13.1. The minimum atomic E-state index is -1.19. The molecule has 1 aliphatic rings. The van der Waals surface area contributed by atoms with Crippen LogP contribution in [0.15, 0.2) is 54.6 Å². The summed E-state index contributed by atoms with van der Waals surface area (Å²) < 4.78 is 11.4. The Kier molecular flexibility index (Phi) is 9.94. The maximum atomic E-state index is 13.1. The molecule has 3 aromatic carbocycles. The van der Waals surface area contributed by atoms with E-state index in [4.69, 9.17) is 44.3 Å². The van der Waals surface area contributed by atoms with Gasteiger partial charge in [0.25, 0.3) is 5.91 Å². The largest absolute Gasteiger partial charge is 1.00 e. The van der Waals surface area contributed by atoms with Crippen LogP contribution in [0.2, 0.25) is 15.1 Å². The molecule has 1 heterocycles. The number of aliphatic carboxylic acids is 1. The molecule has 4 rings (SSSR count). The summed E-state index contributed by atoms with van der Waals surface area (Å²) in [6, 6.07) is 14.1. The van der Waals surface area contributed by atoms with Gasteiger partial charge < -0.3 is 29.4 Å². The normalized spacial score (nSPS) is 14.2. The molecule has 0 aromatic heterocycles. The topological polar surface area (TPSA) is 99.1 Å². The number of carbonyl (C=O) groups is 2. The van der Waals surface area contributed by atoms with Gasteiger partial charge in [-0.3, -0.25) is 4.79 Å². The van der Waals surface area contributed by atoms with Gasteiger partial charge in [0, 0.05) is 40.6 Å². The van der Waals surface area contributed by atoms with Crippen LogP contribution >= 0.6 is 34.8 Å². The Morgan fingerprint density at radius 2 is 1.78 bits per heavy atom. The Balaban J connectivity index is 0.00000361. The van der Waals surface area contributed by atoms with E-state index in [-0.39, 0.29) is 71.0 Å². The van der Waals surface area contributed by atoms with E-state index in [1.807, 2.05) is 0 Å². The van der Waals surface area contributed by atoms with E-state index in [2.05, 4.69) is 0 Å². The number of carboxylic acids is 1. The van der Waals surface area contributed by atoms with E-state index in [1.165, 1.54) is 23.1 Å². The second-order valence-corrected chi connectivity index (χ2v) is 8.98. The van der Waals surface area contributed by atoms with Crippen molar-refractivity contribution in [3.05, 3.63) is 80.8 Å². The van der Waals surface area contributed by atoms with Crippen molar-refractivity contribution < 1.29 is 58.8 Å². The van der Waals surface area contributed by atoms with Gasteiger partial charge in [-0.25, -0.2) is 0 Å². The molecule has 0 bridgehead atoms. The summed E-state index contributed by atoms with van der Waals surface area (Å²) in [4.78, 5) is 25.9. The summed E-state index contributed by atoms with van der Waals surface area (Å²) in [6.07, 6.45) is 0.301. The predicted octanol–water partition coefficient (Wildman–Crippen LogP) is 1.70. The van der Waals surface area contributed by atoms with Crippen LogP contribution in [0.25, 0.3) is 0 Å². The average molecular weight is 559 g/mol. The van der Waals surface area contributed by atoms with Gasteiger partial charge >= 0.3 is 29.6 Å². The third-order valence-electron chi connectivity index (χ3n) is 5.49. The van der Waals surface area contributed by atoms with Gasteiger partial charge in [-0.15, -0.1) is 0 Å². The Morgan fingerprint density at radius 1 is 1.06 bits per heavy atom. The van der Waals surface area contributed by atoms with Crippen LogP contribution in [0.1, 0.15) is 28.3 Å². The number of aliphatic hydroxyl groups excluding tert-OH is 1. The van der Waals surface area contributed by atoms with Crippen LogP contribution in [0.4, 0.5) is 5.69 Å². The van der Waals surface area contributed by atoms with Crippen LogP contribution in [0.5, 0.6) is 17.2 Å². The molecular weight excluding hydrogens is 540 g/mol. The molecule has 1 unspecified atom stereocenters. The summed E-state index contributed by atoms with van der Waals surface area (Å²) in [5, 5.41) is 21.8. The van der Waals surface area contributed by atoms with Crippen LogP contribution in [0, 0.1) is 0 Å². The molecule has 0 fully saturated rings. The van der Waals surface area contributed by atoms with Crippen LogP contribution in [-0.4, -0.2) is 36.7 Å². The summed E-state index contributed by atoms with van der Waals surface area (Å²) in [5.41, 5.74) is 1.21. The molecule has 11 heteroatoms. The van der Waals surface area contributed by atoms with Crippen LogP contribution in [0.3, 0.4) is 0 Å². The molecule has 1 atom stereocenters. The minimum Gasteiger partial charge on any atom is -0.549 e. The summed E-state index contributed by atoms with van der Waals surface area (Å²) >= 11 is 18.5. The number of rotatable bonds is 7. The van der Waals surface area contributed by atoms with Gasteiger partial charge in [-0.2, -0.15) is 0 Å². The van der Waals surface area contributed by atoms with Gasteiger partial charge in [0.1, 0.15) is 17.2 Å². The third-order valence-corrected chi connectivity index (χ3v) is 6.32. The Hall–Kier alpha value is -1.97. The number of nitrogens with zero attached hydrogens (tertiary/aromatic N) is 1. The first-order valence-electron chi connectivity index (χ1n) is 10.6. The summed E-state index contributed by atoms with van der Waals surface area (Å²) in [6.45, 7) is 0.0190. The fraction of sp³-hybridized carbons (Fsp3) is 0.200. The van der Waals surface area contributed by atoms with E-state index >= 15 is 0 Å². The van der Waals surface area contributed by atoms with Gasteiger partial charge in [-0.1, -0.05) is 34.8 Å². The molecular formula is C25H19Cl3NNaO6. The van der Waals surface area contributed by atoms with Crippen molar-refractivity contribution >= 4 is 52.4 Å². The number of fused-ring (bicyclic) bond motifs is 1. The number of carbonyl (C=O) groups excluding carboxylic acids is 2. The molecule has 36 heavy (non-hydrogen) atoms. The Morgan fingerprint density at radius 3 is 2.42 bits per heavy atom. The second kappa shape index (κ2) is 12.5. The SMILES string of the molecule is O=C([O-])C1CCOc2cc(Oc3ccc(C(=O)N(CCO)c4ccc(Cl)cc4Cl)cc3)c(Cl)cc21.[Na+].